The minimum atomic E-state index is -4.18. The number of methoxy groups -OCH3 is 1. The first-order valence-corrected chi connectivity index (χ1v) is 16.2. The van der Waals surface area contributed by atoms with Gasteiger partial charge in [-0.1, -0.05) is 55.5 Å². The minimum absolute atomic E-state index is 0.0358. The Morgan fingerprint density at radius 2 is 1.33 bits per heavy atom. The first kappa shape index (κ1) is 33.1. The number of carbonyl (C=O) groups is 2. The lowest BCUT2D eigenvalue weighted by atomic mass is 10.1. The molecule has 4 aromatic rings. The lowest BCUT2D eigenvalue weighted by molar-refractivity contribution is -0.140. The third-order valence-corrected chi connectivity index (χ3v) is 8.83. The summed E-state index contributed by atoms with van der Waals surface area (Å²) in [6.07, 6.45) is 0.331. The predicted octanol–water partition coefficient (Wildman–Crippen LogP) is 6.01. The number of rotatable bonds is 14. The molecular weight excluding hydrogens is 590 g/mol. The third-order valence-electron chi connectivity index (χ3n) is 7.04. The number of sulfonamides is 1. The summed E-state index contributed by atoms with van der Waals surface area (Å²) in [4.78, 5) is 29.0. The molecule has 0 aliphatic rings. The number of benzene rings is 4. The average Bonchev–Trinajstić information content (AvgIpc) is 3.04. The van der Waals surface area contributed by atoms with Crippen molar-refractivity contribution in [1.82, 2.24) is 10.2 Å². The van der Waals surface area contributed by atoms with E-state index in [4.69, 9.17) is 9.47 Å². The van der Waals surface area contributed by atoms with E-state index in [2.05, 4.69) is 5.32 Å². The van der Waals surface area contributed by atoms with Crippen LogP contribution < -0.4 is 19.1 Å². The molecule has 1 N–H and O–H groups in total. The van der Waals surface area contributed by atoms with Crippen LogP contribution >= 0.6 is 0 Å². The van der Waals surface area contributed by atoms with Gasteiger partial charge in [0.15, 0.2) is 0 Å². The van der Waals surface area contributed by atoms with Crippen LogP contribution in [-0.2, 0) is 26.2 Å². The number of anilines is 1. The van der Waals surface area contributed by atoms with Crippen LogP contribution in [0.25, 0.3) is 0 Å². The zero-order valence-electron chi connectivity index (χ0n) is 25.9. The zero-order valence-corrected chi connectivity index (χ0v) is 26.7. The van der Waals surface area contributed by atoms with E-state index in [1.54, 1.807) is 61.7 Å². The molecule has 0 aliphatic carbocycles. The Kier molecular flexibility index (Phi) is 11.2. The van der Waals surface area contributed by atoms with Crippen LogP contribution in [0, 0.1) is 0 Å². The number of ether oxygens (including phenoxy) is 2. The van der Waals surface area contributed by atoms with Crippen molar-refractivity contribution in [3.63, 3.8) is 0 Å². The van der Waals surface area contributed by atoms with Crippen molar-refractivity contribution in [1.29, 1.82) is 0 Å². The number of hydrogen-bond acceptors (Lipinski definition) is 6. The van der Waals surface area contributed by atoms with Gasteiger partial charge in [0, 0.05) is 12.6 Å². The van der Waals surface area contributed by atoms with Gasteiger partial charge in [-0.25, -0.2) is 8.42 Å². The van der Waals surface area contributed by atoms with Gasteiger partial charge in [0.25, 0.3) is 10.0 Å². The molecule has 4 aromatic carbocycles. The maximum atomic E-state index is 14.2. The molecule has 0 aliphatic heterocycles. The van der Waals surface area contributed by atoms with Crippen molar-refractivity contribution >= 4 is 27.5 Å². The fourth-order valence-electron chi connectivity index (χ4n) is 4.78. The van der Waals surface area contributed by atoms with Gasteiger partial charge >= 0.3 is 0 Å². The Bertz CT molecular complexity index is 1650. The molecule has 45 heavy (non-hydrogen) atoms. The van der Waals surface area contributed by atoms with E-state index in [1.165, 1.54) is 17.0 Å². The number of hydrogen-bond donors (Lipinski definition) is 1. The van der Waals surface area contributed by atoms with Crippen LogP contribution in [0.15, 0.2) is 114 Å². The molecule has 0 heterocycles. The molecule has 0 bridgehead atoms. The van der Waals surface area contributed by atoms with E-state index in [9.17, 15) is 18.0 Å². The molecule has 0 aromatic heterocycles. The lowest BCUT2D eigenvalue weighted by Crippen LogP contribution is -2.53. The monoisotopic (exact) mass is 629 g/mol. The Labute approximate surface area is 265 Å². The fraction of sp³-hybridized carbons (Fsp3) is 0.257. The molecule has 9 nitrogen and oxygen atoms in total. The Morgan fingerprint density at radius 3 is 1.89 bits per heavy atom. The third kappa shape index (κ3) is 8.63. The van der Waals surface area contributed by atoms with Crippen LogP contribution in [-0.4, -0.2) is 50.9 Å². The Balaban J connectivity index is 1.71. The maximum absolute atomic E-state index is 14.2. The van der Waals surface area contributed by atoms with Gasteiger partial charge in [0.1, 0.15) is 29.8 Å². The van der Waals surface area contributed by atoms with Gasteiger partial charge in [-0.2, -0.15) is 0 Å². The van der Waals surface area contributed by atoms with Crippen molar-refractivity contribution < 1.29 is 27.5 Å². The predicted molar refractivity (Wildman–Crippen MR) is 175 cm³/mol. The van der Waals surface area contributed by atoms with Crippen molar-refractivity contribution in [2.24, 2.45) is 0 Å². The van der Waals surface area contributed by atoms with E-state index >= 15 is 0 Å². The SMILES string of the molecule is CC[C@H](C(=O)NC(C)C)N(Cc1ccc(OC)cc1)C(=O)CN(c1ccc(Oc2ccccc2)cc1)S(=O)(=O)c1ccccc1. The second-order valence-corrected chi connectivity index (χ2v) is 12.6. The minimum Gasteiger partial charge on any atom is -0.497 e. The molecule has 0 unspecified atom stereocenters. The summed E-state index contributed by atoms with van der Waals surface area (Å²) < 4.78 is 40.3. The van der Waals surface area contributed by atoms with Crippen molar-refractivity contribution in [3.8, 4) is 17.2 Å². The van der Waals surface area contributed by atoms with Crippen LogP contribution in [0.4, 0.5) is 5.69 Å². The second kappa shape index (κ2) is 15.3. The molecule has 1 atom stereocenters. The van der Waals surface area contributed by atoms with E-state index in [0.717, 1.165) is 9.87 Å². The molecule has 0 radical (unpaired) electrons. The quantitative estimate of drug-likeness (QED) is 0.183. The van der Waals surface area contributed by atoms with Crippen molar-refractivity contribution in [3.05, 3.63) is 115 Å². The number of para-hydroxylation sites is 1. The van der Waals surface area contributed by atoms with Crippen molar-refractivity contribution in [2.45, 2.75) is 50.7 Å². The first-order valence-electron chi connectivity index (χ1n) is 14.8. The smallest absolute Gasteiger partial charge is 0.264 e. The highest BCUT2D eigenvalue weighted by Gasteiger charge is 2.33. The Hall–Kier alpha value is -4.83. The summed E-state index contributed by atoms with van der Waals surface area (Å²) >= 11 is 0. The molecule has 10 heteroatoms. The molecular formula is C35H39N3O6S. The van der Waals surface area contributed by atoms with Gasteiger partial charge in [0.05, 0.1) is 17.7 Å². The number of nitrogens with one attached hydrogen (secondary N) is 1. The van der Waals surface area contributed by atoms with E-state index in [0.29, 0.717) is 23.7 Å². The molecule has 2 amide bonds. The summed E-state index contributed by atoms with van der Waals surface area (Å²) in [6.45, 7) is 5.08. The second-order valence-electron chi connectivity index (χ2n) is 10.7. The summed E-state index contributed by atoms with van der Waals surface area (Å²) in [5, 5.41) is 2.90. The van der Waals surface area contributed by atoms with E-state index < -0.39 is 28.5 Å². The van der Waals surface area contributed by atoms with Gasteiger partial charge in [-0.15, -0.1) is 0 Å². The molecule has 0 saturated heterocycles. The van der Waals surface area contributed by atoms with Gasteiger partial charge in [0.2, 0.25) is 11.8 Å². The average molecular weight is 630 g/mol. The highest BCUT2D eigenvalue weighted by molar-refractivity contribution is 7.92. The molecule has 0 spiro atoms. The molecule has 0 saturated carbocycles. The van der Waals surface area contributed by atoms with Gasteiger partial charge in [-0.3, -0.25) is 13.9 Å². The fourth-order valence-corrected chi connectivity index (χ4v) is 6.22. The number of carbonyl (C=O) groups excluding carboxylic acids is 2. The van der Waals surface area contributed by atoms with Crippen LogP contribution in [0.2, 0.25) is 0 Å². The van der Waals surface area contributed by atoms with Crippen LogP contribution in [0.3, 0.4) is 0 Å². The molecule has 4 rings (SSSR count). The zero-order chi connectivity index (χ0) is 32.4. The highest BCUT2D eigenvalue weighted by atomic mass is 32.2. The maximum Gasteiger partial charge on any atom is 0.264 e. The largest absolute Gasteiger partial charge is 0.497 e. The van der Waals surface area contributed by atoms with E-state index in [1.807, 2.05) is 63.2 Å². The Morgan fingerprint density at radius 1 is 0.778 bits per heavy atom. The summed E-state index contributed by atoms with van der Waals surface area (Å²) in [5.41, 5.74) is 1.04. The standard InChI is InChI=1S/C35H39N3O6S/c1-5-33(35(40)36-26(2)3)37(24-27-16-20-29(43-4)21-17-27)34(39)25-38(45(41,42)32-14-10-7-11-15-32)28-18-22-31(23-19-28)44-30-12-8-6-9-13-30/h6-23,26,33H,5,24-25H2,1-4H3,(H,36,40)/t33-/m1/s1. The first-order chi connectivity index (χ1) is 21.6. The topological polar surface area (TPSA) is 105 Å². The molecule has 236 valence electrons. The van der Waals surface area contributed by atoms with E-state index in [-0.39, 0.29) is 29.1 Å². The summed E-state index contributed by atoms with van der Waals surface area (Å²) in [6, 6.07) is 29.9. The van der Waals surface area contributed by atoms with Gasteiger partial charge < -0.3 is 19.7 Å². The number of nitrogens with zero attached hydrogens (tertiary/aromatic N) is 2. The van der Waals surface area contributed by atoms with Crippen LogP contribution in [0.1, 0.15) is 32.8 Å². The molecule has 0 fully saturated rings. The highest BCUT2D eigenvalue weighted by Crippen LogP contribution is 2.29. The number of amides is 2. The lowest BCUT2D eigenvalue weighted by Gasteiger charge is -2.33. The van der Waals surface area contributed by atoms with Gasteiger partial charge in [-0.05, 0) is 86.5 Å². The van der Waals surface area contributed by atoms with Crippen molar-refractivity contribution in [2.75, 3.05) is 18.0 Å². The summed E-state index contributed by atoms with van der Waals surface area (Å²) in [5.74, 6) is 0.954. The summed E-state index contributed by atoms with van der Waals surface area (Å²) in [7, 11) is -2.61. The van der Waals surface area contributed by atoms with Crippen LogP contribution in [0.5, 0.6) is 17.2 Å². The normalized spacial score (nSPS) is 11.8.